The number of thiazole rings is 1. The van der Waals surface area contributed by atoms with E-state index in [1.165, 1.54) is 15.7 Å². The highest BCUT2D eigenvalue weighted by Gasteiger charge is 2.17. The van der Waals surface area contributed by atoms with E-state index in [0.29, 0.717) is 16.3 Å². The molecule has 0 fully saturated rings. The van der Waals surface area contributed by atoms with Gasteiger partial charge in [0.2, 0.25) is 10.8 Å². The number of hydrogen-bond donors (Lipinski definition) is 1. The van der Waals surface area contributed by atoms with Crippen molar-refractivity contribution in [3.63, 3.8) is 0 Å². The van der Waals surface area contributed by atoms with E-state index >= 15 is 0 Å². The van der Waals surface area contributed by atoms with Crippen molar-refractivity contribution < 1.29 is 9.84 Å². The Morgan fingerprint density at radius 1 is 1.17 bits per heavy atom. The third-order valence-electron chi connectivity index (χ3n) is 3.70. The van der Waals surface area contributed by atoms with Crippen molar-refractivity contribution >= 4 is 26.5 Å². The molecule has 6 heteroatoms. The lowest BCUT2D eigenvalue weighted by atomic mass is 10.1. The summed E-state index contributed by atoms with van der Waals surface area (Å²) in [5.74, 6) is 0.462. The number of methoxy groups -OCH3 is 1. The summed E-state index contributed by atoms with van der Waals surface area (Å²) in [6.07, 6.45) is 0. The van der Waals surface area contributed by atoms with Crippen LogP contribution in [0, 0.1) is 0 Å². The van der Waals surface area contributed by atoms with Crippen LogP contribution in [-0.2, 0) is 0 Å². The van der Waals surface area contributed by atoms with E-state index in [0.717, 1.165) is 10.2 Å². The molecule has 2 heterocycles. The van der Waals surface area contributed by atoms with E-state index in [9.17, 15) is 9.90 Å². The van der Waals surface area contributed by atoms with Gasteiger partial charge in [0.25, 0.3) is 5.56 Å². The van der Waals surface area contributed by atoms with E-state index in [1.54, 1.807) is 25.3 Å². The van der Waals surface area contributed by atoms with E-state index in [2.05, 4.69) is 4.98 Å². The van der Waals surface area contributed by atoms with Crippen molar-refractivity contribution in [2.24, 2.45) is 0 Å². The molecule has 0 aliphatic rings. The van der Waals surface area contributed by atoms with Gasteiger partial charge in [0.1, 0.15) is 11.3 Å². The fourth-order valence-electron chi connectivity index (χ4n) is 2.62. The van der Waals surface area contributed by atoms with Crippen LogP contribution in [0.3, 0.4) is 0 Å². The number of nitrogens with zero attached hydrogens (tertiary/aromatic N) is 2. The van der Waals surface area contributed by atoms with Crippen LogP contribution in [0.4, 0.5) is 0 Å². The van der Waals surface area contributed by atoms with Gasteiger partial charge in [0.05, 0.1) is 17.3 Å². The third-order valence-corrected chi connectivity index (χ3v) is 4.71. The molecule has 1 N–H and O–H groups in total. The summed E-state index contributed by atoms with van der Waals surface area (Å²) < 4.78 is 7.62. The van der Waals surface area contributed by atoms with Crippen molar-refractivity contribution in [1.82, 2.24) is 9.38 Å². The van der Waals surface area contributed by atoms with Crippen LogP contribution >= 0.6 is 11.3 Å². The predicted molar refractivity (Wildman–Crippen MR) is 90.5 cm³/mol. The highest BCUT2D eigenvalue weighted by atomic mass is 32.1. The fraction of sp³-hybridized carbons (Fsp3) is 0.0588. The average Bonchev–Trinajstić information content (AvgIpc) is 2.92. The molecule has 5 nitrogen and oxygen atoms in total. The van der Waals surface area contributed by atoms with Crippen LogP contribution < -0.4 is 10.3 Å². The summed E-state index contributed by atoms with van der Waals surface area (Å²) in [7, 11) is 1.60. The minimum absolute atomic E-state index is 0.207. The van der Waals surface area contributed by atoms with Crippen LogP contribution in [0.25, 0.3) is 26.3 Å². The van der Waals surface area contributed by atoms with Crippen molar-refractivity contribution in [2.75, 3.05) is 7.11 Å². The zero-order chi connectivity index (χ0) is 16.0. The maximum atomic E-state index is 12.9. The normalized spacial score (nSPS) is 11.2. The van der Waals surface area contributed by atoms with Gasteiger partial charge >= 0.3 is 0 Å². The molecule has 0 spiro atoms. The largest absolute Gasteiger partial charge is 0.497 e. The summed E-state index contributed by atoms with van der Waals surface area (Å²) in [4.78, 5) is 17.6. The molecular weight excluding hydrogens is 312 g/mol. The summed E-state index contributed by atoms with van der Waals surface area (Å²) in [6, 6.07) is 14.5. The summed E-state index contributed by atoms with van der Waals surface area (Å²) in [6.45, 7) is 0. The Morgan fingerprint density at radius 2 is 1.96 bits per heavy atom. The summed E-state index contributed by atoms with van der Waals surface area (Å²) in [5, 5.41) is 10.2. The average molecular weight is 324 g/mol. The van der Waals surface area contributed by atoms with Crippen molar-refractivity contribution in [2.45, 2.75) is 0 Å². The number of rotatable bonds is 2. The molecule has 0 unspecified atom stereocenters. The fourth-order valence-corrected chi connectivity index (χ4v) is 3.66. The lowest BCUT2D eigenvalue weighted by molar-refractivity contribution is 0.415. The molecule has 0 atom stereocenters. The highest BCUT2D eigenvalue weighted by Crippen LogP contribution is 2.31. The Balaban J connectivity index is 2.11. The van der Waals surface area contributed by atoms with Crippen LogP contribution in [0.2, 0.25) is 0 Å². The zero-order valence-electron chi connectivity index (χ0n) is 12.2. The zero-order valence-corrected chi connectivity index (χ0v) is 13.0. The van der Waals surface area contributed by atoms with Gasteiger partial charge in [0.15, 0.2) is 0 Å². The van der Waals surface area contributed by atoms with Gasteiger partial charge in [-0.25, -0.2) is 0 Å². The van der Waals surface area contributed by atoms with Crippen LogP contribution in [0.1, 0.15) is 0 Å². The van der Waals surface area contributed by atoms with Crippen molar-refractivity contribution in [3.05, 3.63) is 58.9 Å². The van der Waals surface area contributed by atoms with Gasteiger partial charge in [-0.3, -0.25) is 9.20 Å². The van der Waals surface area contributed by atoms with Gasteiger partial charge in [-0.2, -0.15) is 4.98 Å². The Labute approximate surface area is 135 Å². The standard InChI is InChI=1S/C17H12N2O3S/c1-22-11-7-8-12-13(9-11)23-17-18-15(20)14(16(21)19(12)17)10-5-3-2-4-6-10/h2-9,20H,1H3. The molecule has 0 bridgehead atoms. The number of hydrogen-bond acceptors (Lipinski definition) is 5. The minimum Gasteiger partial charge on any atom is -0.497 e. The number of aromatic hydroxyl groups is 1. The molecular formula is C17H12N2O3S. The number of ether oxygens (including phenoxy) is 1. The number of benzene rings is 2. The second-order valence-electron chi connectivity index (χ2n) is 5.04. The smallest absolute Gasteiger partial charge is 0.270 e. The molecule has 23 heavy (non-hydrogen) atoms. The Hall–Kier alpha value is -2.86. The maximum Gasteiger partial charge on any atom is 0.270 e. The highest BCUT2D eigenvalue weighted by molar-refractivity contribution is 7.23. The van der Waals surface area contributed by atoms with Crippen molar-refractivity contribution in [3.8, 4) is 22.8 Å². The Kier molecular flexibility index (Phi) is 3.06. The van der Waals surface area contributed by atoms with Gasteiger partial charge < -0.3 is 9.84 Å². The molecule has 2 aromatic heterocycles. The second-order valence-corrected chi connectivity index (χ2v) is 6.04. The lowest BCUT2D eigenvalue weighted by Gasteiger charge is -2.04. The topological polar surface area (TPSA) is 63.8 Å². The molecule has 2 aromatic carbocycles. The SMILES string of the molecule is COc1ccc2c(c1)sc1nc(O)c(-c3ccccc3)c(=O)n12. The summed E-state index contributed by atoms with van der Waals surface area (Å²) >= 11 is 1.34. The molecule has 0 radical (unpaired) electrons. The molecule has 0 amide bonds. The molecule has 114 valence electrons. The van der Waals surface area contributed by atoms with E-state index in [-0.39, 0.29) is 17.0 Å². The molecule has 0 aliphatic heterocycles. The predicted octanol–water partition coefficient (Wildman–Crippen LogP) is 3.29. The molecule has 0 saturated carbocycles. The first kappa shape index (κ1) is 13.8. The molecule has 0 aliphatic carbocycles. The first-order valence-corrected chi connectivity index (χ1v) is 7.78. The third kappa shape index (κ3) is 2.07. The number of fused-ring (bicyclic) bond motifs is 3. The number of aromatic nitrogens is 2. The molecule has 4 aromatic rings. The monoisotopic (exact) mass is 324 g/mol. The minimum atomic E-state index is -0.282. The lowest BCUT2D eigenvalue weighted by Crippen LogP contribution is -2.15. The Morgan fingerprint density at radius 3 is 2.70 bits per heavy atom. The van der Waals surface area contributed by atoms with E-state index in [1.807, 2.05) is 30.3 Å². The first-order valence-electron chi connectivity index (χ1n) is 6.97. The summed E-state index contributed by atoms with van der Waals surface area (Å²) in [5.41, 5.74) is 1.32. The van der Waals surface area contributed by atoms with Gasteiger partial charge in [-0.05, 0) is 23.8 Å². The van der Waals surface area contributed by atoms with Gasteiger partial charge in [-0.1, -0.05) is 41.7 Å². The van der Waals surface area contributed by atoms with Crippen LogP contribution in [0.15, 0.2) is 53.3 Å². The van der Waals surface area contributed by atoms with Crippen molar-refractivity contribution in [1.29, 1.82) is 0 Å². The van der Waals surface area contributed by atoms with E-state index in [4.69, 9.17) is 4.74 Å². The molecule has 4 rings (SSSR count). The quantitative estimate of drug-likeness (QED) is 0.614. The Bertz CT molecular complexity index is 1080. The van der Waals surface area contributed by atoms with Gasteiger partial charge in [0, 0.05) is 0 Å². The first-order chi connectivity index (χ1) is 11.2. The second kappa shape index (κ2) is 5.10. The van der Waals surface area contributed by atoms with Crippen LogP contribution in [0.5, 0.6) is 11.6 Å². The van der Waals surface area contributed by atoms with Gasteiger partial charge in [-0.15, -0.1) is 0 Å². The maximum absolute atomic E-state index is 12.9. The molecule has 0 saturated heterocycles. The van der Waals surface area contributed by atoms with Crippen LogP contribution in [-0.4, -0.2) is 21.6 Å². The van der Waals surface area contributed by atoms with E-state index < -0.39 is 0 Å².